The van der Waals surface area contributed by atoms with Gasteiger partial charge in [0, 0.05) is 30.9 Å². The summed E-state index contributed by atoms with van der Waals surface area (Å²) in [7, 11) is 0. The minimum absolute atomic E-state index is 0.859. The molecule has 2 aromatic rings. The van der Waals surface area contributed by atoms with Crippen molar-refractivity contribution in [1.82, 2.24) is 10.3 Å². The maximum absolute atomic E-state index is 4.27. The number of nitrogens with zero attached hydrogens (tertiary/aromatic N) is 1. The first-order valence-corrected chi connectivity index (χ1v) is 5.93. The van der Waals surface area contributed by atoms with Crippen molar-refractivity contribution in [2.75, 3.05) is 6.54 Å². The Morgan fingerprint density at radius 1 is 1.24 bits per heavy atom. The third-order valence-electron chi connectivity index (χ3n) is 2.72. The summed E-state index contributed by atoms with van der Waals surface area (Å²) in [6.07, 6.45) is 6.05. The Morgan fingerprint density at radius 2 is 2.06 bits per heavy atom. The smallest absolute Gasteiger partial charge is 0.0346 e. The van der Waals surface area contributed by atoms with Gasteiger partial charge in [0.1, 0.15) is 0 Å². The number of hydrogen-bond acceptors (Lipinski definition) is 2. The summed E-state index contributed by atoms with van der Waals surface area (Å²) in [5.41, 5.74) is 2.60. The van der Waals surface area contributed by atoms with Crippen molar-refractivity contribution >= 4 is 10.8 Å². The summed E-state index contributed by atoms with van der Waals surface area (Å²) in [5, 5.41) is 5.90. The zero-order valence-electron chi connectivity index (χ0n) is 10.4. The molecule has 0 fully saturated rings. The molecule has 1 aromatic heterocycles. The topological polar surface area (TPSA) is 24.9 Å². The summed E-state index contributed by atoms with van der Waals surface area (Å²) in [5.74, 6) is 0. The van der Waals surface area contributed by atoms with E-state index >= 15 is 0 Å². The quantitative estimate of drug-likeness (QED) is 0.639. The Balaban J connectivity index is 2.11. The van der Waals surface area contributed by atoms with E-state index < -0.39 is 0 Å². The molecular weight excluding hydrogens is 208 g/mol. The van der Waals surface area contributed by atoms with Crippen LogP contribution in [0.3, 0.4) is 0 Å². The summed E-state index contributed by atoms with van der Waals surface area (Å²) < 4.78 is 0. The third-order valence-corrected chi connectivity index (χ3v) is 2.72. The lowest BCUT2D eigenvalue weighted by molar-refractivity contribution is 0.759. The van der Waals surface area contributed by atoms with Crippen LogP contribution in [0.5, 0.6) is 0 Å². The van der Waals surface area contributed by atoms with E-state index in [0.717, 1.165) is 13.1 Å². The lowest BCUT2D eigenvalue weighted by atomic mass is 10.1. The van der Waals surface area contributed by atoms with E-state index in [0.29, 0.717) is 0 Å². The highest BCUT2D eigenvalue weighted by Crippen LogP contribution is 2.16. The normalized spacial score (nSPS) is 10.5. The Labute approximate surface area is 102 Å². The maximum Gasteiger partial charge on any atom is 0.0346 e. The second kappa shape index (κ2) is 5.60. The van der Waals surface area contributed by atoms with Gasteiger partial charge in [0.25, 0.3) is 0 Å². The average Bonchev–Trinajstić information content (AvgIpc) is 2.34. The minimum atomic E-state index is 0.859. The Bertz CT molecular complexity index is 520. The van der Waals surface area contributed by atoms with E-state index in [1.807, 2.05) is 18.5 Å². The van der Waals surface area contributed by atoms with Crippen LogP contribution in [0.25, 0.3) is 10.8 Å². The molecule has 88 valence electrons. The maximum atomic E-state index is 4.27. The number of rotatable bonds is 4. The zero-order valence-corrected chi connectivity index (χ0v) is 10.4. The summed E-state index contributed by atoms with van der Waals surface area (Å²) in [6.45, 7) is 5.99. The van der Waals surface area contributed by atoms with Gasteiger partial charge in [-0.25, -0.2) is 0 Å². The standard InChI is InChI=1S/C15H18N2/c1-12(2)7-8-16-10-14-11-17-9-13-5-3-4-6-15(13)14/h3-7,9,11,16H,8,10H2,1-2H3. The summed E-state index contributed by atoms with van der Waals surface area (Å²) >= 11 is 0. The van der Waals surface area contributed by atoms with Crippen molar-refractivity contribution in [1.29, 1.82) is 0 Å². The molecule has 1 N–H and O–H groups in total. The molecule has 2 heteroatoms. The van der Waals surface area contributed by atoms with Crippen LogP contribution in [0.2, 0.25) is 0 Å². The van der Waals surface area contributed by atoms with Crippen molar-refractivity contribution < 1.29 is 0 Å². The Kier molecular flexibility index (Phi) is 3.89. The van der Waals surface area contributed by atoms with Gasteiger partial charge in [-0.05, 0) is 24.8 Å². The molecule has 0 spiro atoms. The Hall–Kier alpha value is -1.67. The molecule has 0 saturated heterocycles. The fraction of sp³-hybridized carbons (Fsp3) is 0.267. The lowest BCUT2D eigenvalue weighted by Gasteiger charge is -2.06. The van der Waals surface area contributed by atoms with E-state index in [9.17, 15) is 0 Å². The van der Waals surface area contributed by atoms with Crippen LogP contribution in [-0.2, 0) is 6.54 Å². The summed E-state index contributed by atoms with van der Waals surface area (Å²) in [6, 6.07) is 8.36. The number of pyridine rings is 1. The monoisotopic (exact) mass is 226 g/mol. The van der Waals surface area contributed by atoms with E-state index in [1.165, 1.54) is 21.9 Å². The predicted octanol–water partition coefficient (Wildman–Crippen LogP) is 3.29. The third kappa shape index (κ3) is 3.14. The molecule has 0 radical (unpaired) electrons. The number of nitrogens with one attached hydrogen (secondary N) is 1. The van der Waals surface area contributed by atoms with Crippen LogP contribution in [0.15, 0.2) is 48.3 Å². The first kappa shape index (κ1) is 11.8. The molecule has 0 aliphatic heterocycles. The van der Waals surface area contributed by atoms with Crippen LogP contribution in [0.1, 0.15) is 19.4 Å². The van der Waals surface area contributed by atoms with Gasteiger partial charge in [0.05, 0.1) is 0 Å². The SMILES string of the molecule is CC(C)=CCNCc1cncc2ccccc12. The zero-order chi connectivity index (χ0) is 12.1. The molecule has 0 saturated carbocycles. The van der Waals surface area contributed by atoms with Crippen LogP contribution in [-0.4, -0.2) is 11.5 Å². The second-order valence-corrected chi connectivity index (χ2v) is 4.43. The van der Waals surface area contributed by atoms with Crippen LogP contribution in [0.4, 0.5) is 0 Å². The average molecular weight is 226 g/mol. The lowest BCUT2D eigenvalue weighted by Crippen LogP contribution is -2.13. The van der Waals surface area contributed by atoms with Crippen molar-refractivity contribution in [3.8, 4) is 0 Å². The van der Waals surface area contributed by atoms with Crippen LogP contribution < -0.4 is 5.32 Å². The highest BCUT2D eigenvalue weighted by molar-refractivity contribution is 5.84. The van der Waals surface area contributed by atoms with Crippen molar-refractivity contribution in [2.24, 2.45) is 0 Å². The number of benzene rings is 1. The molecule has 0 amide bonds. The highest BCUT2D eigenvalue weighted by Gasteiger charge is 1.99. The largest absolute Gasteiger partial charge is 0.309 e. The predicted molar refractivity (Wildman–Crippen MR) is 72.9 cm³/mol. The summed E-state index contributed by atoms with van der Waals surface area (Å²) in [4.78, 5) is 4.27. The van der Waals surface area contributed by atoms with E-state index in [2.05, 4.69) is 48.4 Å². The number of fused-ring (bicyclic) bond motifs is 1. The van der Waals surface area contributed by atoms with Gasteiger partial charge >= 0.3 is 0 Å². The molecule has 0 atom stereocenters. The molecule has 1 aromatic carbocycles. The van der Waals surface area contributed by atoms with Crippen molar-refractivity contribution in [2.45, 2.75) is 20.4 Å². The Morgan fingerprint density at radius 3 is 2.88 bits per heavy atom. The molecule has 0 unspecified atom stereocenters. The van der Waals surface area contributed by atoms with Gasteiger partial charge in [-0.1, -0.05) is 35.9 Å². The highest BCUT2D eigenvalue weighted by atomic mass is 14.8. The fourth-order valence-corrected chi connectivity index (χ4v) is 1.80. The second-order valence-electron chi connectivity index (χ2n) is 4.43. The van der Waals surface area contributed by atoms with E-state index in [1.54, 1.807) is 0 Å². The molecule has 2 rings (SSSR count). The molecule has 0 aliphatic carbocycles. The first-order chi connectivity index (χ1) is 8.27. The molecule has 2 nitrogen and oxygen atoms in total. The number of aromatic nitrogens is 1. The van der Waals surface area contributed by atoms with Gasteiger partial charge in [-0.15, -0.1) is 0 Å². The van der Waals surface area contributed by atoms with Gasteiger partial charge in [-0.2, -0.15) is 0 Å². The fourth-order valence-electron chi connectivity index (χ4n) is 1.80. The molecular formula is C15H18N2. The van der Waals surface area contributed by atoms with E-state index in [4.69, 9.17) is 0 Å². The van der Waals surface area contributed by atoms with Gasteiger partial charge in [0.15, 0.2) is 0 Å². The molecule has 0 aliphatic rings. The molecule has 0 bridgehead atoms. The number of allylic oxidation sites excluding steroid dienone is 1. The van der Waals surface area contributed by atoms with Crippen molar-refractivity contribution in [3.05, 3.63) is 53.9 Å². The minimum Gasteiger partial charge on any atom is -0.309 e. The van der Waals surface area contributed by atoms with E-state index in [-0.39, 0.29) is 0 Å². The van der Waals surface area contributed by atoms with Gasteiger partial charge in [0.2, 0.25) is 0 Å². The number of hydrogen-bond donors (Lipinski definition) is 1. The van der Waals surface area contributed by atoms with Gasteiger partial charge in [-0.3, -0.25) is 4.98 Å². The van der Waals surface area contributed by atoms with Crippen molar-refractivity contribution in [3.63, 3.8) is 0 Å². The molecule has 17 heavy (non-hydrogen) atoms. The van der Waals surface area contributed by atoms with Gasteiger partial charge < -0.3 is 5.32 Å². The van der Waals surface area contributed by atoms with Crippen LogP contribution >= 0.6 is 0 Å². The molecule has 1 heterocycles. The first-order valence-electron chi connectivity index (χ1n) is 5.93. The van der Waals surface area contributed by atoms with Crippen LogP contribution in [0, 0.1) is 0 Å².